The molecule has 7 atom stereocenters. The first-order valence-electron chi connectivity index (χ1n) is 35.6. The van der Waals surface area contributed by atoms with Gasteiger partial charge in [0, 0.05) is 6.42 Å². The van der Waals surface area contributed by atoms with Crippen LogP contribution in [0.2, 0.25) is 0 Å². The Kier molecular flexibility index (Phi) is 60.0. The Hall–Kier alpha value is -3.15. The first-order chi connectivity index (χ1) is 41.8. The molecular weight excluding hydrogens is 1050 g/mol. The van der Waals surface area contributed by atoms with Gasteiger partial charge in [0.15, 0.2) is 6.29 Å². The molecule has 1 amide bonds. The van der Waals surface area contributed by atoms with E-state index in [1.54, 1.807) is 6.08 Å². The van der Waals surface area contributed by atoms with E-state index in [4.69, 9.17) is 9.47 Å². The number of carbonyl (C=O) groups excluding carboxylic acids is 1. The number of aliphatic hydroxyl groups excluding tert-OH is 5. The number of allylic oxidation sites excluding steroid dienone is 17. The quantitative estimate of drug-likeness (QED) is 0.0261. The Morgan fingerprint density at radius 2 is 0.729 bits per heavy atom. The molecule has 7 unspecified atom stereocenters. The first-order valence-corrected chi connectivity index (χ1v) is 35.6. The molecule has 1 fully saturated rings. The van der Waals surface area contributed by atoms with E-state index < -0.39 is 49.5 Å². The maximum atomic E-state index is 13.1. The van der Waals surface area contributed by atoms with Gasteiger partial charge >= 0.3 is 0 Å². The lowest BCUT2D eigenvalue weighted by molar-refractivity contribution is -0.302. The summed E-state index contributed by atoms with van der Waals surface area (Å²) in [4.78, 5) is 13.1. The summed E-state index contributed by atoms with van der Waals surface area (Å²) in [6.45, 7) is 3.68. The van der Waals surface area contributed by atoms with Gasteiger partial charge in [-0.15, -0.1) is 0 Å². The highest BCUT2D eigenvalue weighted by Crippen LogP contribution is 2.23. The Morgan fingerprint density at radius 1 is 0.412 bits per heavy atom. The van der Waals surface area contributed by atoms with Crippen LogP contribution in [0.4, 0.5) is 0 Å². The average molecular weight is 1190 g/mol. The number of unbranched alkanes of at least 4 members (excludes halogenated alkanes) is 35. The summed E-state index contributed by atoms with van der Waals surface area (Å²) in [5.41, 5.74) is 0. The second kappa shape index (κ2) is 63.9. The summed E-state index contributed by atoms with van der Waals surface area (Å²) in [7, 11) is 0. The number of nitrogens with one attached hydrogen (secondary N) is 1. The van der Waals surface area contributed by atoms with Gasteiger partial charge < -0.3 is 40.3 Å². The van der Waals surface area contributed by atoms with Gasteiger partial charge in [0.1, 0.15) is 24.4 Å². The number of hydrogen-bond donors (Lipinski definition) is 6. The first kappa shape index (κ1) is 79.9. The van der Waals surface area contributed by atoms with Crippen molar-refractivity contribution in [2.24, 2.45) is 0 Å². The lowest BCUT2D eigenvalue weighted by Gasteiger charge is -2.40. The van der Waals surface area contributed by atoms with Crippen molar-refractivity contribution in [3.05, 3.63) is 109 Å². The Labute approximate surface area is 523 Å². The minimum absolute atomic E-state index is 0.192. The van der Waals surface area contributed by atoms with Gasteiger partial charge in [0.2, 0.25) is 5.91 Å². The molecule has 490 valence electrons. The van der Waals surface area contributed by atoms with Crippen molar-refractivity contribution < 1.29 is 39.8 Å². The molecule has 0 aromatic carbocycles. The third-order valence-corrected chi connectivity index (χ3v) is 16.4. The maximum absolute atomic E-state index is 13.1. The van der Waals surface area contributed by atoms with E-state index in [9.17, 15) is 30.3 Å². The number of hydrogen-bond acceptors (Lipinski definition) is 8. The van der Waals surface area contributed by atoms with E-state index in [2.05, 4.69) is 116 Å². The van der Waals surface area contributed by atoms with Crippen molar-refractivity contribution in [1.29, 1.82) is 0 Å². The summed E-state index contributed by atoms with van der Waals surface area (Å²) in [6, 6.07) is -0.823. The van der Waals surface area contributed by atoms with Gasteiger partial charge in [0.25, 0.3) is 0 Å². The molecule has 85 heavy (non-hydrogen) atoms. The summed E-state index contributed by atoms with van der Waals surface area (Å²) in [5, 5.41) is 54.8. The third-order valence-electron chi connectivity index (χ3n) is 16.4. The predicted octanol–water partition coefficient (Wildman–Crippen LogP) is 19.6. The van der Waals surface area contributed by atoms with Crippen LogP contribution in [0.1, 0.15) is 309 Å². The Balaban J connectivity index is 2.17. The number of carbonyl (C=O) groups is 1. The van der Waals surface area contributed by atoms with Crippen molar-refractivity contribution in [1.82, 2.24) is 5.32 Å². The van der Waals surface area contributed by atoms with E-state index in [-0.39, 0.29) is 12.5 Å². The summed E-state index contributed by atoms with van der Waals surface area (Å²) >= 11 is 0. The molecular formula is C76H133NO8. The van der Waals surface area contributed by atoms with Gasteiger partial charge in [-0.05, 0) is 83.5 Å². The molecule has 6 N–H and O–H groups in total. The van der Waals surface area contributed by atoms with E-state index in [0.717, 1.165) is 116 Å². The molecule has 1 saturated heterocycles. The Morgan fingerprint density at radius 3 is 1.08 bits per heavy atom. The van der Waals surface area contributed by atoms with Gasteiger partial charge in [0.05, 0.1) is 25.4 Å². The van der Waals surface area contributed by atoms with Crippen LogP contribution in [-0.2, 0) is 14.3 Å². The van der Waals surface area contributed by atoms with Gasteiger partial charge in [-0.1, -0.05) is 329 Å². The van der Waals surface area contributed by atoms with Crippen LogP contribution in [0.15, 0.2) is 109 Å². The van der Waals surface area contributed by atoms with E-state index >= 15 is 0 Å². The van der Waals surface area contributed by atoms with Crippen LogP contribution in [0, 0.1) is 0 Å². The molecule has 0 aromatic rings. The SMILES string of the molecule is CC/C=C\C/C=C\C/C=C\C/C=C\C/C=C\C/C=C\C/C=C\C/C=C\CCCCCCCCC(=O)NC(COC1OC(CO)C(O)C(O)C1O)C(O)/C=C/CCCCCCCCCCCCCCCCCCCCCCCCCCCCCCC. The smallest absolute Gasteiger partial charge is 0.220 e. The second-order valence-electron chi connectivity index (χ2n) is 24.3. The fourth-order valence-corrected chi connectivity index (χ4v) is 10.8. The fourth-order valence-electron chi connectivity index (χ4n) is 10.8. The standard InChI is InChI=1S/C76H133NO8/c1-3-5-7-9-11-13-15-17-19-21-23-25-27-29-31-33-35-37-39-41-43-45-47-49-51-53-55-57-59-61-63-65-70(79)69(68-84-76-75(83)74(82)73(81)71(67-78)85-76)77-72(80)66-64-62-60-58-56-54-52-50-48-46-44-42-40-38-36-34-32-30-28-26-24-22-20-18-16-14-12-10-8-6-4-2/h6,8,12,14,18,20,24,26,30,32,36,38,42,44,48,50,63,65,69-71,73-76,78-79,81-83H,3-5,7,9-11,13,15-17,19,21-23,25,27-29,31,33-35,37,39-41,43,45-47,49,51-62,64,66-68H2,1-2H3,(H,77,80)/b8-6-,14-12-,20-18-,26-24-,32-30-,38-36-,44-42-,50-48-,65-63+. The van der Waals surface area contributed by atoms with Crippen LogP contribution in [0.5, 0.6) is 0 Å². The van der Waals surface area contributed by atoms with Crippen molar-refractivity contribution >= 4 is 5.91 Å². The largest absolute Gasteiger partial charge is 0.394 e. The minimum atomic E-state index is -1.58. The lowest BCUT2D eigenvalue weighted by atomic mass is 9.99. The molecule has 1 rings (SSSR count). The molecule has 0 spiro atoms. The number of ether oxygens (including phenoxy) is 2. The normalized spacial score (nSPS) is 18.8. The van der Waals surface area contributed by atoms with Crippen LogP contribution >= 0.6 is 0 Å². The number of amides is 1. The monoisotopic (exact) mass is 1190 g/mol. The van der Waals surface area contributed by atoms with Gasteiger partial charge in [-0.3, -0.25) is 4.79 Å². The topological polar surface area (TPSA) is 149 Å². The van der Waals surface area contributed by atoms with Crippen LogP contribution in [-0.4, -0.2) is 87.5 Å². The van der Waals surface area contributed by atoms with Gasteiger partial charge in [-0.25, -0.2) is 0 Å². The van der Waals surface area contributed by atoms with E-state index in [0.29, 0.717) is 6.42 Å². The van der Waals surface area contributed by atoms with Crippen LogP contribution in [0.3, 0.4) is 0 Å². The van der Waals surface area contributed by atoms with E-state index in [1.165, 1.54) is 173 Å². The molecule has 0 aromatic heterocycles. The maximum Gasteiger partial charge on any atom is 0.220 e. The summed E-state index contributed by atoms with van der Waals surface area (Å²) in [6.07, 6.45) is 87.6. The molecule has 0 radical (unpaired) electrons. The Bertz CT molecular complexity index is 1710. The molecule has 0 aliphatic carbocycles. The minimum Gasteiger partial charge on any atom is -0.394 e. The van der Waals surface area contributed by atoms with Crippen LogP contribution < -0.4 is 5.32 Å². The lowest BCUT2D eigenvalue weighted by Crippen LogP contribution is -2.60. The zero-order valence-electron chi connectivity index (χ0n) is 54.8. The average Bonchev–Trinajstić information content (AvgIpc) is 3.54. The van der Waals surface area contributed by atoms with Crippen molar-refractivity contribution in [2.45, 2.75) is 352 Å². The molecule has 9 heteroatoms. The zero-order chi connectivity index (χ0) is 61.4. The number of aliphatic hydroxyl groups is 5. The molecule has 9 nitrogen and oxygen atoms in total. The van der Waals surface area contributed by atoms with Crippen molar-refractivity contribution in [3.63, 3.8) is 0 Å². The highest BCUT2D eigenvalue weighted by Gasteiger charge is 2.44. The second-order valence-corrected chi connectivity index (χ2v) is 24.3. The molecule has 1 heterocycles. The summed E-state index contributed by atoms with van der Waals surface area (Å²) < 4.78 is 11.3. The molecule has 0 saturated carbocycles. The zero-order valence-corrected chi connectivity index (χ0v) is 54.8. The molecule has 1 aliphatic heterocycles. The summed E-state index contributed by atoms with van der Waals surface area (Å²) in [5.74, 6) is -0.192. The molecule has 1 aliphatic rings. The van der Waals surface area contributed by atoms with Gasteiger partial charge in [-0.2, -0.15) is 0 Å². The van der Waals surface area contributed by atoms with Crippen LogP contribution in [0.25, 0.3) is 0 Å². The van der Waals surface area contributed by atoms with Crippen molar-refractivity contribution in [2.75, 3.05) is 13.2 Å². The number of rotatable bonds is 61. The predicted molar refractivity (Wildman–Crippen MR) is 364 cm³/mol. The fraction of sp³-hybridized carbons (Fsp3) is 0.750. The highest BCUT2D eigenvalue weighted by atomic mass is 16.7. The third kappa shape index (κ3) is 52.5. The van der Waals surface area contributed by atoms with Crippen molar-refractivity contribution in [3.8, 4) is 0 Å². The van der Waals surface area contributed by atoms with E-state index in [1.807, 2.05) is 6.08 Å². The highest BCUT2D eigenvalue weighted by molar-refractivity contribution is 5.76. The molecule has 0 bridgehead atoms.